The second-order valence-corrected chi connectivity index (χ2v) is 5.33. The number of hydrogen-bond acceptors (Lipinski definition) is 2. The fourth-order valence-corrected chi connectivity index (χ4v) is 2.46. The molecule has 0 spiro atoms. The van der Waals surface area contributed by atoms with Crippen LogP contribution in [0.1, 0.15) is 51.4 Å². The fraction of sp³-hybridized carbons (Fsp3) is 1.00. The van der Waals surface area contributed by atoms with Crippen molar-refractivity contribution in [3.8, 4) is 0 Å². The molecular weight excluding hydrogens is 172 g/mol. The fourth-order valence-electron chi connectivity index (χ4n) is 2.46. The molecule has 14 heavy (non-hydrogen) atoms. The highest BCUT2D eigenvalue weighted by Gasteiger charge is 2.37. The van der Waals surface area contributed by atoms with Crippen LogP contribution < -0.4 is 11.1 Å². The Labute approximate surface area is 87.6 Å². The Hall–Kier alpha value is -0.0800. The van der Waals surface area contributed by atoms with Gasteiger partial charge in [0.25, 0.3) is 0 Å². The minimum Gasteiger partial charge on any atom is -0.324 e. The highest BCUT2D eigenvalue weighted by molar-refractivity contribution is 5.00. The molecule has 0 aromatic carbocycles. The zero-order valence-corrected chi connectivity index (χ0v) is 9.23. The average Bonchev–Trinajstić information content (AvgIpc) is 2.94. The topological polar surface area (TPSA) is 38.0 Å². The molecule has 0 heterocycles. The molecule has 0 bridgehead atoms. The summed E-state index contributed by atoms with van der Waals surface area (Å²) in [5.74, 6) is 1.00. The molecule has 0 aromatic heterocycles. The third-order valence-corrected chi connectivity index (χ3v) is 3.82. The van der Waals surface area contributed by atoms with Crippen LogP contribution in [0.25, 0.3) is 0 Å². The first-order valence-electron chi connectivity index (χ1n) is 6.28. The smallest absolute Gasteiger partial charge is 0.0282 e. The van der Waals surface area contributed by atoms with Gasteiger partial charge in [-0.1, -0.05) is 32.1 Å². The molecule has 0 atom stereocenters. The largest absolute Gasteiger partial charge is 0.324 e. The van der Waals surface area contributed by atoms with Crippen LogP contribution >= 0.6 is 0 Å². The zero-order chi connectivity index (χ0) is 9.86. The summed E-state index contributed by atoms with van der Waals surface area (Å²) in [6.45, 7) is 2.23. The molecule has 2 heteroatoms. The van der Waals surface area contributed by atoms with Crippen LogP contribution in [-0.4, -0.2) is 18.6 Å². The summed E-state index contributed by atoms with van der Waals surface area (Å²) in [5, 5.41) is 3.51. The van der Waals surface area contributed by atoms with Gasteiger partial charge in [0, 0.05) is 12.1 Å². The van der Waals surface area contributed by atoms with Crippen LogP contribution in [0.15, 0.2) is 0 Å². The van der Waals surface area contributed by atoms with Crippen molar-refractivity contribution in [3.63, 3.8) is 0 Å². The molecule has 0 amide bonds. The first kappa shape index (κ1) is 10.4. The van der Waals surface area contributed by atoms with Crippen molar-refractivity contribution >= 4 is 0 Å². The van der Waals surface area contributed by atoms with E-state index in [1.54, 1.807) is 0 Å². The van der Waals surface area contributed by atoms with E-state index in [9.17, 15) is 0 Å². The van der Waals surface area contributed by atoms with E-state index in [1.165, 1.54) is 57.9 Å². The Balaban J connectivity index is 1.49. The first-order valence-corrected chi connectivity index (χ1v) is 6.28. The average molecular weight is 196 g/mol. The van der Waals surface area contributed by atoms with Crippen LogP contribution in [0, 0.1) is 5.92 Å². The lowest BCUT2D eigenvalue weighted by Gasteiger charge is -2.21. The molecule has 0 radical (unpaired) electrons. The highest BCUT2D eigenvalue weighted by Crippen LogP contribution is 2.31. The maximum atomic E-state index is 6.00. The molecule has 82 valence electrons. The second-order valence-electron chi connectivity index (χ2n) is 5.33. The molecular formula is C12H24N2. The summed E-state index contributed by atoms with van der Waals surface area (Å²) >= 11 is 0. The lowest BCUT2D eigenvalue weighted by atomic mass is 9.87. The van der Waals surface area contributed by atoms with Crippen molar-refractivity contribution in [1.82, 2.24) is 5.32 Å². The van der Waals surface area contributed by atoms with E-state index in [0.717, 1.165) is 12.5 Å². The lowest BCUT2D eigenvalue weighted by molar-refractivity contribution is 0.332. The molecule has 0 saturated heterocycles. The minimum absolute atomic E-state index is 0.187. The third-order valence-electron chi connectivity index (χ3n) is 3.82. The van der Waals surface area contributed by atoms with Crippen molar-refractivity contribution in [3.05, 3.63) is 0 Å². The van der Waals surface area contributed by atoms with Crippen LogP contribution in [0.3, 0.4) is 0 Å². The minimum atomic E-state index is 0.187. The third kappa shape index (κ3) is 3.25. The van der Waals surface area contributed by atoms with Crippen molar-refractivity contribution in [1.29, 1.82) is 0 Å². The zero-order valence-electron chi connectivity index (χ0n) is 9.23. The number of nitrogens with two attached hydrogens (primary N) is 1. The van der Waals surface area contributed by atoms with Crippen LogP contribution in [0.5, 0.6) is 0 Å². The quantitative estimate of drug-likeness (QED) is 0.660. The Morgan fingerprint density at radius 3 is 2.50 bits per heavy atom. The molecule has 2 nitrogen and oxygen atoms in total. The van der Waals surface area contributed by atoms with Gasteiger partial charge in [0.05, 0.1) is 0 Å². The predicted molar refractivity (Wildman–Crippen MR) is 60.2 cm³/mol. The predicted octanol–water partition coefficient (Wildman–Crippen LogP) is 2.04. The van der Waals surface area contributed by atoms with Crippen LogP contribution in [-0.2, 0) is 0 Å². The summed E-state index contributed by atoms with van der Waals surface area (Å²) in [5.41, 5.74) is 6.19. The van der Waals surface area contributed by atoms with Crippen molar-refractivity contribution in [2.24, 2.45) is 11.7 Å². The van der Waals surface area contributed by atoms with E-state index >= 15 is 0 Å². The summed E-state index contributed by atoms with van der Waals surface area (Å²) in [7, 11) is 0. The monoisotopic (exact) mass is 196 g/mol. The van der Waals surface area contributed by atoms with E-state index in [1.807, 2.05) is 0 Å². The van der Waals surface area contributed by atoms with Gasteiger partial charge in [-0.05, 0) is 31.7 Å². The van der Waals surface area contributed by atoms with Crippen LogP contribution in [0.4, 0.5) is 0 Å². The van der Waals surface area contributed by atoms with Gasteiger partial charge >= 0.3 is 0 Å². The standard InChI is InChI=1S/C12H24N2/c13-12(7-8-12)10-14-9-6-11-4-2-1-3-5-11/h11,14H,1-10,13H2. The van der Waals surface area contributed by atoms with Gasteiger partial charge in [-0.3, -0.25) is 0 Å². The summed E-state index contributed by atoms with van der Waals surface area (Å²) in [6, 6.07) is 0. The van der Waals surface area contributed by atoms with Gasteiger partial charge < -0.3 is 11.1 Å². The first-order chi connectivity index (χ1) is 6.79. The molecule has 0 unspecified atom stereocenters. The van der Waals surface area contributed by atoms with E-state index in [4.69, 9.17) is 5.73 Å². The number of nitrogens with one attached hydrogen (secondary N) is 1. The normalized spacial score (nSPS) is 26.4. The van der Waals surface area contributed by atoms with Crippen LogP contribution in [0.2, 0.25) is 0 Å². The maximum absolute atomic E-state index is 6.00. The van der Waals surface area contributed by atoms with Gasteiger partial charge in [0.1, 0.15) is 0 Å². The van der Waals surface area contributed by atoms with Gasteiger partial charge in [0.2, 0.25) is 0 Å². The maximum Gasteiger partial charge on any atom is 0.0282 e. The molecule has 2 aliphatic rings. The second kappa shape index (κ2) is 4.63. The van der Waals surface area contributed by atoms with Crippen molar-refractivity contribution in [2.75, 3.05) is 13.1 Å². The van der Waals surface area contributed by atoms with E-state index < -0.39 is 0 Å². The Bertz CT molecular complexity index is 169. The highest BCUT2D eigenvalue weighted by atomic mass is 15.0. The Kier molecular flexibility index (Phi) is 3.45. The Morgan fingerprint density at radius 1 is 1.14 bits per heavy atom. The lowest BCUT2D eigenvalue weighted by Crippen LogP contribution is -2.36. The molecule has 2 saturated carbocycles. The van der Waals surface area contributed by atoms with E-state index in [0.29, 0.717) is 0 Å². The molecule has 2 fully saturated rings. The number of hydrogen-bond donors (Lipinski definition) is 2. The van der Waals surface area contributed by atoms with E-state index in [-0.39, 0.29) is 5.54 Å². The molecule has 3 N–H and O–H groups in total. The molecule has 0 aromatic rings. The van der Waals surface area contributed by atoms with Gasteiger partial charge in [-0.2, -0.15) is 0 Å². The molecule has 2 rings (SSSR count). The van der Waals surface area contributed by atoms with Crippen molar-refractivity contribution < 1.29 is 0 Å². The summed E-state index contributed by atoms with van der Waals surface area (Å²) in [6.07, 6.45) is 11.2. The molecule has 2 aliphatic carbocycles. The number of rotatable bonds is 5. The van der Waals surface area contributed by atoms with Gasteiger partial charge in [-0.15, -0.1) is 0 Å². The van der Waals surface area contributed by atoms with Crippen molar-refractivity contribution in [2.45, 2.75) is 56.9 Å². The van der Waals surface area contributed by atoms with Gasteiger partial charge in [-0.25, -0.2) is 0 Å². The Morgan fingerprint density at radius 2 is 1.86 bits per heavy atom. The van der Waals surface area contributed by atoms with Gasteiger partial charge in [0.15, 0.2) is 0 Å². The SMILES string of the molecule is NC1(CNCCC2CCCCC2)CC1. The summed E-state index contributed by atoms with van der Waals surface area (Å²) in [4.78, 5) is 0. The summed E-state index contributed by atoms with van der Waals surface area (Å²) < 4.78 is 0. The molecule has 0 aliphatic heterocycles. The van der Waals surface area contributed by atoms with E-state index in [2.05, 4.69) is 5.32 Å².